The minimum absolute atomic E-state index is 0.0338. The summed E-state index contributed by atoms with van der Waals surface area (Å²) in [5.41, 5.74) is 2.45. The van der Waals surface area contributed by atoms with Gasteiger partial charge in [-0.25, -0.2) is 0 Å². The van der Waals surface area contributed by atoms with Crippen molar-refractivity contribution in [1.29, 1.82) is 0 Å². The Morgan fingerprint density at radius 3 is 2.54 bits per heavy atom. The van der Waals surface area contributed by atoms with Crippen LogP contribution in [0, 0.1) is 5.92 Å². The largest absolute Gasteiger partial charge is 0.490 e. The average Bonchev–Trinajstić information content (AvgIpc) is 2.77. The molecule has 1 fully saturated rings. The SMILES string of the molecule is O=C(NCc1ccc(C(=O)N2CCOc3ccccc32)cc1)C1CCCCC1. The lowest BCUT2D eigenvalue weighted by atomic mass is 9.88. The number of hydrogen-bond acceptors (Lipinski definition) is 3. The normalized spacial score (nSPS) is 16.8. The zero-order chi connectivity index (χ0) is 19.3. The van der Waals surface area contributed by atoms with Crippen molar-refractivity contribution >= 4 is 17.5 Å². The third-order valence-corrected chi connectivity index (χ3v) is 5.62. The molecule has 0 spiro atoms. The van der Waals surface area contributed by atoms with Gasteiger partial charge in [0.1, 0.15) is 12.4 Å². The zero-order valence-corrected chi connectivity index (χ0v) is 16.0. The van der Waals surface area contributed by atoms with Crippen molar-refractivity contribution in [2.75, 3.05) is 18.1 Å². The molecule has 2 aromatic rings. The minimum atomic E-state index is -0.0338. The Morgan fingerprint density at radius 2 is 1.75 bits per heavy atom. The van der Waals surface area contributed by atoms with Gasteiger partial charge >= 0.3 is 0 Å². The lowest BCUT2D eigenvalue weighted by molar-refractivity contribution is -0.126. The van der Waals surface area contributed by atoms with Crippen molar-refractivity contribution in [2.24, 2.45) is 5.92 Å². The second kappa shape index (κ2) is 8.46. The molecule has 0 bridgehead atoms. The van der Waals surface area contributed by atoms with Gasteiger partial charge < -0.3 is 15.0 Å². The molecule has 5 nitrogen and oxygen atoms in total. The molecule has 0 aromatic heterocycles. The van der Waals surface area contributed by atoms with E-state index in [1.807, 2.05) is 48.5 Å². The fraction of sp³-hybridized carbons (Fsp3) is 0.391. The maximum atomic E-state index is 12.9. The summed E-state index contributed by atoms with van der Waals surface area (Å²) in [4.78, 5) is 27.0. The number of rotatable bonds is 4. The third-order valence-electron chi connectivity index (χ3n) is 5.62. The van der Waals surface area contributed by atoms with E-state index in [1.54, 1.807) is 4.90 Å². The summed E-state index contributed by atoms with van der Waals surface area (Å²) < 4.78 is 5.63. The predicted octanol–water partition coefficient (Wildman–Crippen LogP) is 3.92. The van der Waals surface area contributed by atoms with E-state index in [9.17, 15) is 9.59 Å². The van der Waals surface area contributed by atoms with E-state index in [0.29, 0.717) is 25.3 Å². The molecule has 1 saturated carbocycles. The van der Waals surface area contributed by atoms with Crippen LogP contribution >= 0.6 is 0 Å². The van der Waals surface area contributed by atoms with E-state index in [4.69, 9.17) is 4.74 Å². The van der Waals surface area contributed by atoms with Crippen LogP contribution in [0.25, 0.3) is 0 Å². The number of para-hydroxylation sites is 2. The summed E-state index contributed by atoms with van der Waals surface area (Å²) in [7, 11) is 0. The van der Waals surface area contributed by atoms with Gasteiger partial charge in [0, 0.05) is 18.0 Å². The van der Waals surface area contributed by atoms with Gasteiger partial charge in [-0.15, -0.1) is 0 Å². The fourth-order valence-electron chi connectivity index (χ4n) is 4.00. The van der Waals surface area contributed by atoms with E-state index < -0.39 is 0 Å². The highest BCUT2D eigenvalue weighted by Gasteiger charge is 2.24. The van der Waals surface area contributed by atoms with Gasteiger partial charge in [0.05, 0.1) is 12.2 Å². The molecular formula is C23H26N2O3. The number of ether oxygens (including phenoxy) is 1. The first-order valence-corrected chi connectivity index (χ1v) is 10.1. The molecule has 2 aliphatic rings. The highest BCUT2D eigenvalue weighted by atomic mass is 16.5. The molecule has 1 aliphatic carbocycles. The second-order valence-corrected chi connectivity index (χ2v) is 7.52. The molecule has 5 heteroatoms. The average molecular weight is 378 g/mol. The van der Waals surface area contributed by atoms with Crippen LogP contribution in [-0.2, 0) is 11.3 Å². The molecule has 0 atom stereocenters. The van der Waals surface area contributed by atoms with Gasteiger partial charge in [-0.2, -0.15) is 0 Å². The Morgan fingerprint density at radius 1 is 1.00 bits per heavy atom. The van der Waals surface area contributed by atoms with E-state index >= 15 is 0 Å². The van der Waals surface area contributed by atoms with Gasteiger partial charge in [0.2, 0.25) is 5.91 Å². The van der Waals surface area contributed by atoms with Crippen molar-refractivity contribution in [3.8, 4) is 5.75 Å². The van der Waals surface area contributed by atoms with Crippen LogP contribution in [0.5, 0.6) is 5.75 Å². The molecule has 4 rings (SSSR count). The van der Waals surface area contributed by atoms with Crippen LogP contribution in [0.4, 0.5) is 5.69 Å². The van der Waals surface area contributed by atoms with Gasteiger partial charge in [-0.1, -0.05) is 43.5 Å². The topological polar surface area (TPSA) is 58.6 Å². The predicted molar refractivity (Wildman–Crippen MR) is 108 cm³/mol. The Balaban J connectivity index is 1.38. The number of carbonyl (C=O) groups excluding carboxylic acids is 2. The van der Waals surface area contributed by atoms with Crippen LogP contribution in [0.1, 0.15) is 48.0 Å². The Hall–Kier alpha value is -2.82. The van der Waals surface area contributed by atoms with E-state index in [1.165, 1.54) is 6.42 Å². The standard InChI is InChI=1S/C23H26N2O3/c26-22(18-6-2-1-3-7-18)24-16-17-10-12-19(13-11-17)23(27)25-14-15-28-21-9-5-4-8-20(21)25/h4-5,8-13,18H,1-3,6-7,14-16H2,(H,24,26). The Bertz CT molecular complexity index is 841. The van der Waals surface area contributed by atoms with Gasteiger partial charge in [0.25, 0.3) is 5.91 Å². The van der Waals surface area contributed by atoms with E-state index in [0.717, 1.165) is 42.7 Å². The molecule has 2 amide bonds. The smallest absolute Gasteiger partial charge is 0.258 e. The van der Waals surface area contributed by atoms with Crippen LogP contribution in [0.15, 0.2) is 48.5 Å². The molecule has 2 aromatic carbocycles. The quantitative estimate of drug-likeness (QED) is 0.877. The van der Waals surface area contributed by atoms with Gasteiger partial charge in [0.15, 0.2) is 0 Å². The van der Waals surface area contributed by atoms with Crippen LogP contribution in [0.3, 0.4) is 0 Å². The first kappa shape index (κ1) is 18.5. The number of carbonyl (C=O) groups is 2. The first-order chi connectivity index (χ1) is 13.7. The Labute approximate surface area is 165 Å². The lowest BCUT2D eigenvalue weighted by Gasteiger charge is -2.29. The molecule has 1 N–H and O–H groups in total. The van der Waals surface area contributed by atoms with Crippen molar-refractivity contribution in [2.45, 2.75) is 38.6 Å². The highest BCUT2D eigenvalue weighted by molar-refractivity contribution is 6.07. The number of benzene rings is 2. The van der Waals surface area contributed by atoms with Gasteiger partial charge in [-0.3, -0.25) is 9.59 Å². The molecule has 0 saturated heterocycles. The van der Waals surface area contributed by atoms with E-state index in [2.05, 4.69) is 5.32 Å². The summed E-state index contributed by atoms with van der Waals surface area (Å²) in [6.45, 7) is 1.53. The molecule has 1 aliphatic heterocycles. The molecular weight excluding hydrogens is 352 g/mol. The molecule has 28 heavy (non-hydrogen) atoms. The zero-order valence-electron chi connectivity index (χ0n) is 16.0. The van der Waals surface area contributed by atoms with Crippen molar-refractivity contribution in [1.82, 2.24) is 5.32 Å². The number of amides is 2. The van der Waals surface area contributed by atoms with Crippen LogP contribution < -0.4 is 15.0 Å². The Kier molecular flexibility index (Phi) is 5.60. The maximum absolute atomic E-state index is 12.9. The van der Waals surface area contributed by atoms with Gasteiger partial charge in [-0.05, 0) is 42.7 Å². The summed E-state index contributed by atoms with van der Waals surface area (Å²) in [5, 5.41) is 3.04. The van der Waals surface area contributed by atoms with Crippen LogP contribution in [-0.4, -0.2) is 25.0 Å². The lowest BCUT2D eigenvalue weighted by Crippen LogP contribution is -2.37. The number of nitrogens with one attached hydrogen (secondary N) is 1. The molecule has 0 unspecified atom stereocenters. The molecule has 1 heterocycles. The summed E-state index contributed by atoms with van der Waals surface area (Å²) >= 11 is 0. The van der Waals surface area contributed by atoms with Crippen molar-refractivity contribution in [3.63, 3.8) is 0 Å². The molecule has 0 radical (unpaired) electrons. The van der Waals surface area contributed by atoms with E-state index in [-0.39, 0.29) is 17.7 Å². The highest BCUT2D eigenvalue weighted by Crippen LogP contribution is 2.32. The third kappa shape index (κ3) is 4.03. The fourth-order valence-corrected chi connectivity index (χ4v) is 4.00. The minimum Gasteiger partial charge on any atom is -0.490 e. The number of hydrogen-bond donors (Lipinski definition) is 1. The van der Waals surface area contributed by atoms with Crippen molar-refractivity contribution < 1.29 is 14.3 Å². The van der Waals surface area contributed by atoms with Crippen molar-refractivity contribution in [3.05, 3.63) is 59.7 Å². The summed E-state index contributed by atoms with van der Waals surface area (Å²) in [6.07, 6.45) is 5.55. The number of anilines is 1. The number of nitrogens with zero attached hydrogens (tertiary/aromatic N) is 1. The summed E-state index contributed by atoms with van der Waals surface area (Å²) in [5.74, 6) is 1.03. The molecule has 146 valence electrons. The second-order valence-electron chi connectivity index (χ2n) is 7.52. The summed E-state index contributed by atoms with van der Waals surface area (Å²) in [6, 6.07) is 15.1. The monoisotopic (exact) mass is 378 g/mol. The van der Waals surface area contributed by atoms with Crippen LogP contribution in [0.2, 0.25) is 0 Å². The maximum Gasteiger partial charge on any atom is 0.258 e. The first-order valence-electron chi connectivity index (χ1n) is 10.1. The number of fused-ring (bicyclic) bond motifs is 1.